The van der Waals surface area contributed by atoms with Crippen molar-refractivity contribution >= 4 is 45.2 Å². The maximum absolute atomic E-state index is 11.5. The number of nitrogens with zero attached hydrogens (tertiary/aromatic N) is 2. The summed E-state index contributed by atoms with van der Waals surface area (Å²) in [5.74, 6) is 1.04. The minimum atomic E-state index is -0.133. The molecule has 21 heavy (non-hydrogen) atoms. The molecule has 0 saturated heterocycles. The van der Waals surface area contributed by atoms with Crippen molar-refractivity contribution in [1.29, 1.82) is 0 Å². The Hall–Kier alpha value is -1.34. The van der Waals surface area contributed by atoms with E-state index >= 15 is 0 Å². The van der Waals surface area contributed by atoms with Crippen molar-refractivity contribution in [2.24, 2.45) is 5.41 Å². The fourth-order valence-corrected chi connectivity index (χ4v) is 4.54. The molecule has 1 aliphatic carbocycles. The van der Waals surface area contributed by atoms with E-state index in [2.05, 4.69) is 23.0 Å². The number of rotatable bonds is 5. The van der Waals surface area contributed by atoms with Gasteiger partial charge in [0.15, 0.2) is 0 Å². The lowest BCUT2D eigenvalue weighted by atomic mass is 10.1. The van der Waals surface area contributed by atoms with Crippen molar-refractivity contribution in [3.05, 3.63) is 10.9 Å². The predicted octanol–water partition coefficient (Wildman–Crippen LogP) is 3.02. The molecule has 112 valence electrons. The van der Waals surface area contributed by atoms with E-state index in [1.807, 2.05) is 0 Å². The Bertz CT molecular complexity index is 695. The Morgan fingerprint density at radius 1 is 1.52 bits per heavy atom. The maximum atomic E-state index is 11.5. The monoisotopic (exact) mass is 323 g/mol. The topological polar surface area (TPSA) is 78.1 Å². The third-order valence-electron chi connectivity index (χ3n) is 3.72. The normalized spacial score (nSPS) is 16.1. The van der Waals surface area contributed by atoms with E-state index in [0.29, 0.717) is 12.4 Å². The lowest BCUT2D eigenvalue weighted by Gasteiger charge is -2.13. The van der Waals surface area contributed by atoms with Gasteiger partial charge in [-0.05, 0) is 31.2 Å². The molecule has 1 fully saturated rings. The summed E-state index contributed by atoms with van der Waals surface area (Å²) in [7, 11) is 1.44. The molecule has 3 rings (SSSR count). The summed E-state index contributed by atoms with van der Waals surface area (Å²) in [4.78, 5) is 22.2. The summed E-state index contributed by atoms with van der Waals surface area (Å²) < 4.78 is 4.78. The number of nitrogen functional groups attached to an aromatic ring is 1. The van der Waals surface area contributed by atoms with Crippen LogP contribution in [0.4, 0.5) is 5.95 Å². The van der Waals surface area contributed by atoms with Crippen LogP contribution in [-0.4, -0.2) is 28.8 Å². The summed E-state index contributed by atoms with van der Waals surface area (Å²) in [6, 6.07) is 2.10. The average Bonchev–Trinajstić information content (AvgIpc) is 3.09. The number of ether oxygens (including phenoxy) is 1. The van der Waals surface area contributed by atoms with Crippen molar-refractivity contribution in [1.82, 2.24) is 9.97 Å². The van der Waals surface area contributed by atoms with Crippen molar-refractivity contribution in [3.63, 3.8) is 0 Å². The molecule has 7 heteroatoms. The van der Waals surface area contributed by atoms with Crippen LogP contribution in [0.2, 0.25) is 0 Å². The molecule has 1 saturated carbocycles. The van der Waals surface area contributed by atoms with Gasteiger partial charge in [0, 0.05) is 16.0 Å². The number of anilines is 1. The number of thiophene rings is 1. The van der Waals surface area contributed by atoms with Gasteiger partial charge in [0.2, 0.25) is 5.95 Å². The molecule has 0 amide bonds. The zero-order valence-corrected chi connectivity index (χ0v) is 13.6. The molecular weight excluding hydrogens is 306 g/mol. The number of nitrogens with two attached hydrogens (primary N) is 1. The molecule has 2 aromatic heterocycles. The molecular formula is C14H17N3O2S2. The van der Waals surface area contributed by atoms with Crippen molar-refractivity contribution in [2.45, 2.75) is 31.2 Å². The first-order valence-electron chi connectivity index (χ1n) is 6.75. The number of fused-ring (bicyclic) bond motifs is 1. The molecule has 0 atom stereocenters. The van der Waals surface area contributed by atoms with Crippen molar-refractivity contribution < 1.29 is 9.53 Å². The van der Waals surface area contributed by atoms with Crippen LogP contribution < -0.4 is 5.73 Å². The number of carbonyl (C=O) groups excluding carboxylic acids is 1. The number of hydrogen-bond donors (Lipinski definition) is 1. The van der Waals surface area contributed by atoms with Gasteiger partial charge in [0.05, 0.1) is 13.5 Å². The molecule has 2 N–H and O–H groups in total. The Morgan fingerprint density at radius 2 is 2.29 bits per heavy atom. The molecule has 0 bridgehead atoms. The third-order valence-corrected chi connectivity index (χ3v) is 6.00. The van der Waals surface area contributed by atoms with Gasteiger partial charge in [-0.1, -0.05) is 0 Å². The minimum Gasteiger partial charge on any atom is -0.469 e. The summed E-state index contributed by atoms with van der Waals surface area (Å²) in [5, 5.41) is 1.98. The lowest BCUT2D eigenvalue weighted by Crippen LogP contribution is -2.13. The van der Waals surface area contributed by atoms with Gasteiger partial charge >= 0.3 is 5.97 Å². The second-order valence-electron chi connectivity index (χ2n) is 5.50. The number of aromatic nitrogens is 2. The Balaban J connectivity index is 1.78. The van der Waals surface area contributed by atoms with E-state index in [0.717, 1.165) is 33.8 Å². The van der Waals surface area contributed by atoms with E-state index in [1.54, 1.807) is 23.1 Å². The highest BCUT2D eigenvalue weighted by molar-refractivity contribution is 7.99. The van der Waals surface area contributed by atoms with Gasteiger partial charge in [0.25, 0.3) is 0 Å². The van der Waals surface area contributed by atoms with E-state index < -0.39 is 0 Å². The van der Waals surface area contributed by atoms with E-state index in [9.17, 15) is 4.79 Å². The molecule has 2 heterocycles. The Morgan fingerprint density at radius 3 is 2.95 bits per heavy atom. The first-order valence-corrected chi connectivity index (χ1v) is 8.55. The molecule has 0 aliphatic heterocycles. The highest BCUT2D eigenvalue weighted by Gasteiger charge is 2.44. The summed E-state index contributed by atoms with van der Waals surface area (Å²) in [6.07, 6.45) is 2.63. The van der Waals surface area contributed by atoms with Gasteiger partial charge in [-0.2, -0.15) is 0 Å². The molecule has 0 aromatic carbocycles. The van der Waals surface area contributed by atoms with E-state index in [-0.39, 0.29) is 11.4 Å². The lowest BCUT2D eigenvalue weighted by molar-refractivity contribution is -0.141. The number of aryl methyl sites for hydroxylation is 1. The molecule has 0 unspecified atom stereocenters. The van der Waals surface area contributed by atoms with Crippen LogP contribution in [0.3, 0.4) is 0 Å². The summed E-state index contributed by atoms with van der Waals surface area (Å²) in [5.41, 5.74) is 5.87. The standard InChI is InChI=1S/C14H17N3O2S2/c1-8-5-9-11(16-13(15)17-12(9)21-8)20-7-14(3-4-14)6-10(18)19-2/h5H,3-4,6-7H2,1-2H3,(H2,15,16,17). The SMILES string of the molecule is COC(=O)CC1(CSc2nc(N)nc3sc(C)cc23)CC1. The quantitative estimate of drug-likeness (QED) is 0.518. The Labute approximate surface area is 131 Å². The van der Waals surface area contributed by atoms with Crippen LogP contribution in [0.15, 0.2) is 11.1 Å². The zero-order valence-electron chi connectivity index (χ0n) is 12.0. The highest BCUT2D eigenvalue weighted by Crippen LogP contribution is 2.52. The van der Waals surface area contributed by atoms with Crippen LogP contribution in [0.1, 0.15) is 24.1 Å². The van der Waals surface area contributed by atoms with Gasteiger partial charge in [-0.25, -0.2) is 9.97 Å². The van der Waals surface area contributed by atoms with Crippen LogP contribution in [0, 0.1) is 12.3 Å². The molecule has 2 aromatic rings. The molecule has 0 spiro atoms. The van der Waals surface area contributed by atoms with Gasteiger partial charge in [0.1, 0.15) is 9.86 Å². The number of methoxy groups -OCH3 is 1. The second kappa shape index (κ2) is 5.46. The van der Waals surface area contributed by atoms with Crippen LogP contribution >= 0.6 is 23.1 Å². The number of hydrogen-bond acceptors (Lipinski definition) is 7. The first-order chi connectivity index (χ1) is 10.0. The van der Waals surface area contributed by atoms with Crippen LogP contribution in [-0.2, 0) is 9.53 Å². The third kappa shape index (κ3) is 3.13. The molecule has 1 aliphatic rings. The smallest absolute Gasteiger partial charge is 0.306 e. The van der Waals surface area contributed by atoms with Crippen LogP contribution in [0.25, 0.3) is 10.2 Å². The van der Waals surface area contributed by atoms with E-state index in [4.69, 9.17) is 10.5 Å². The van der Waals surface area contributed by atoms with Crippen LogP contribution in [0.5, 0.6) is 0 Å². The number of carbonyl (C=O) groups is 1. The highest BCUT2D eigenvalue weighted by atomic mass is 32.2. The predicted molar refractivity (Wildman–Crippen MR) is 85.6 cm³/mol. The largest absolute Gasteiger partial charge is 0.469 e. The van der Waals surface area contributed by atoms with E-state index in [1.165, 1.54) is 12.0 Å². The molecule has 0 radical (unpaired) electrons. The maximum Gasteiger partial charge on any atom is 0.306 e. The summed E-state index contributed by atoms with van der Waals surface area (Å²) in [6.45, 7) is 2.05. The fourth-order valence-electron chi connectivity index (χ4n) is 2.29. The second-order valence-corrected chi connectivity index (χ2v) is 7.70. The van der Waals surface area contributed by atoms with Gasteiger partial charge < -0.3 is 10.5 Å². The van der Waals surface area contributed by atoms with Crippen molar-refractivity contribution in [3.8, 4) is 0 Å². The number of thioether (sulfide) groups is 1. The van der Waals surface area contributed by atoms with Crippen molar-refractivity contribution in [2.75, 3.05) is 18.6 Å². The minimum absolute atomic E-state index is 0.0782. The average molecular weight is 323 g/mol. The van der Waals surface area contributed by atoms with Gasteiger partial charge in [-0.3, -0.25) is 4.79 Å². The van der Waals surface area contributed by atoms with Gasteiger partial charge in [-0.15, -0.1) is 23.1 Å². The number of esters is 1. The fraction of sp³-hybridized carbons (Fsp3) is 0.500. The summed E-state index contributed by atoms with van der Waals surface area (Å²) >= 11 is 3.29. The zero-order chi connectivity index (χ0) is 15.0. The Kier molecular flexibility index (Phi) is 3.79. The molecule has 5 nitrogen and oxygen atoms in total. The first kappa shape index (κ1) is 14.6.